The SMILES string of the molecule is C[C@@H]1C(O)OC2CC34C5C[C@@H](C(C)(C)C)C36C(OC(=O)[C@@H]6O)O[C@@]4(C(=O)O5)[C@]21O. The number of aliphatic hydroxyl groups excluding tert-OH is 2. The van der Waals surface area contributed by atoms with Crippen LogP contribution in [0.4, 0.5) is 0 Å². The summed E-state index contributed by atoms with van der Waals surface area (Å²) in [6.07, 6.45) is -4.96. The molecule has 6 fully saturated rings. The van der Waals surface area contributed by atoms with Gasteiger partial charge in [-0.2, -0.15) is 0 Å². The van der Waals surface area contributed by atoms with Crippen molar-refractivity contribution in [2.45, 2.75) is 82.6 Å². The lowest BCUT2D eigenvalue weighted by Crippen LogP contribution is -2.66. The Hall–Kier alpha value is -1.26. The highest BCUT2D eigenvalue weighted by atomic mass is 16.8. The van der Waals surface area contributed by atoms with E-state index in [2.05, 4.69) is 0 Å². The third-order valence-electron chi connectivity index (χ3n) is 9.12. The van der Waals surface area contributed by atoms with Gasteiger partial charge in [-0.15, -0.1) is 0 Å². The predicted octanol–water partition coefficient (Wildman–Crippen LogP) is -0.548. The summed E-state index contributed by atoms with van der Waals surface area (Å²) >= 11 is 0. The molecule has 4 heterocycles. The molecule has 4 aliphatic heterocycles. The highest BCUT2D eigenvalue weighted by Gasteiger charge is 3.00. The molecule has 6 unspecified atom stereocenters. The van der Waals surface area contributed by atoms with Crippen LogP contribution in [0, 0.1) is 28.1 Å². The van der Waals surface area contributed by atoms with Gasteiger partial charge in [-0.05, 0) is 24.2 Å². The monoisotopic (exact) mass is 410 g/mol. The third kappa shape index (κ3) is 1.41. The van der Waals surface area contributed by atoms with Gasteiger partial charge in [0.15, 0.2) is 12.4 Å². The van der Waals surface area contributed by atoms with Crippen molar-refractivity contribution in [1.29, 1.82) is 0 Å². The van der Waals surface area contributed by atoms with Crippen LogP contribution >= 0.6 is 0 Å². The Kier molecular flexibility index (Phi) is 2.97. The number of fused-ring (bicyclic) bond motifs is 1. The van der Waals surface area contributed by atoms with Gasteiger partial charge in [-0.25, -0.2) is 9.59 Å². The topological polar surface area (TPSA) is 132 Å². The van der Waals surface area contributed by atoms with Crippen LogP contribution in [0.15, 0.2) is 0 Å². The fraction of sp³-hybridized carbons (Fsp3) is 0.900. The highest BCUT2D eigenvalue weighted by Crippen LogP contribution is 2.84. The highest BCUT2D eigenvalue weighted by molar-refractivity contribution is 5.91. The zero-order valence-electron chi connectivity index (χ0n) is 16.7. The van der Waals surface area contributed by atoms with Crippen LogP contribution in [-0.4, -0.2) is 69.4 Å². The Morgan fingerprint density at radius 3 is 2.45 bits per heavy atom. The van der Waals surface area contributed by atoms with E-state index < -0.39 is 70.8 Å². The first kappa shape index (κ1) is 18.5. The van der Waals surface area contributed by atoms with Gasteiger partial charge in [0.1, 0.15) is 11.7 Å². The largest absolute Gasteiger partial charge is 0.459 e. The van der Waals surface area contributed by atoms with Crippen LogP contribution in [0.3, 0.4) is 0 Å². The molecule has 0 aromatic heterocycles. The first-order valence-electron chi connectivity index (χ1n) is 10.2. The Balaban J connectivity index is 1.67. The Morgan fingerprint density at radius 1 is 1.10 bits per heavy atom. The van der Waals surface area contributed by atoms with Gasteiger partial charge < -0.3 is 34.3 Å². The van der Waals surface area contributed by atoms with Crippen molar-refractivity contribution in [3.8, 4) is 0 Å². The number of esters is 2. The smallest absolute Gasteiger partial charge is 0.342 e. The van der Waals surface area contributed by atoms with Crippen LogP contribution in [0.5, 0.6) is 0 Å². The summed E-state index contributed by atoms with van der Waals surface area (Å²) in [5.74, 6) is -2.63. The number of aliphatic hydroxyl groups is 3. The molecule has 6 rings (SSSR count). The first-order chi connectivity index (χ1) is 13.4. The Bertz CT molecular complexity index is 851. The molecule has 0 aromatic carbocycles. The van der Waals surface area contributed by atoms with E-state index in [0.29, 0.717) is 6.42 Å². The first-order valence-corrected chi connectivity index (χ1v) is 10.2. The maximum Gasteiger partial charge on any atom is 0.342 e. The second kappa shape index (κ2) is 4.65. The fourth-order valence-electron chi connectivity index (χ4n) is 8.19. The van der Waals surface area contributed by atoms with Gasteiger partial charge >= 0.3 is 11.9 Å². The summed E-state index contributed by atoms with van der Waals surface area (Å²) in [6.45, 7) is 7.62. The number of carbonyl (C=O) groups is 2. The molecule has 4 saturated heterocycles. The van der Waals surface area contributed by atoms with E-state index in [4.69, 9.17) is 18.9 Å². The van der Waals surface area contributed by atoms with E-state index in [1.807, 2.05) is 20.8 Å². The van der Waals surface area contributed by atoms with E-state index in [9.17, 15) is 24.9 Å². The normalized spacial score (nSPS) is 62.0. The van der Waals surface area contributed by atoms with E-state index in [0.717, 1.165) is 0 Å². The maximum atomic E-state index is 13.3. The molecule has 0 bridgehead atoms. The van der Waals surface area contributed by atoms with E-state index in [1.54, 1.807) is 6.92 Å². The zero-order chi connectivity index (χ0) is 20.9. The number of ether oxygens (including phenoxy) is 4. The minimum Gasteiger partial charge on any atom is -0.459 e. The summed E-state index contributed by atoms with van der Waals surface area (Å²) in [7, 11) is 0. The average molecular weight is 410 g/mol. The van der Waals surface area contributed by atoms with Crippen molar-refractivity contribution in [3.05, 3.63) is 0 Å². The molecule has 6 aliphatic rings. The number of hydrogen-bond acceptors (Lipinski definition) is 9. The molecule has 29 heavy (non-hydrogen) atoms. The Morgan fingerprint density at radius 2 is 1.79 bits per heavy atom. The lowest BCUT2D eigenvalue weighted by atomic mass is 9.51. The number of hydrogen-bond donors (Lipinski definition) is 3. The second-order valence-electron chi connectivity index (χ2n) is 10.8. The van der Waals surface area contributed by atoms with Crippen molar-refractivity contribution < 1.29 is 43.9 Å². The third-order valence-corrected chi connectivity index (χ3v) is 9.12. The van der Waals surface area contributed by atoms with E-state index >= 15 is 0 Å². The average Bonchev–Trinajstić information content (AvgIpc) is 3.31. The molecule has 0 aromatic rings. The minimum absolute atomic E-state index is 0.123. The second-order valence-corrected chi connectivity index (χ2v) is 10.8. The van der Waals surface area contributed by atoms with Crippen molar-refractivity contribution in [2.75, 3.05) is 0 Å². The molecule has 11 atom stereocenters. The standard InChI is InChI=1S/C20H26O9/c1-7-12(22)26-10-6-17-9-5-8(16(2,3)4)18(17)11(21)13(23)28-15(18)29-20(17,14(24)27-9)19(7,10)25/h7-12,15,21-22,25H,5-6H2,1-4H3/t7-,8+,9?,10?,11+,12?,15?,17?,18?,19-,20-/m1/s1. The zero-order valence-corrected chi connectivity index (χ0v) is 16.7. The molecule has 0 radical (unpaired) electrons. The summed E-state index contributed by atoms with van der Waals surface area (Å²) in [5.41, 5.74) is -6.57. The van der Waals surface area contributed by atoms with Crippen LogP contribution in [0.1, 0.15) is 40.5 Å². The summed E-state index contributed by atoms with van der Waals surface area (Å²) in [6, 6.07) is 0. The van der Waals surface area contributed by atoms with Crippen LogP contribution in [0.2, 0.25) is 0 Å². The quantitative estimate of drug-likeness (QED) is 0.450. The molecule has 2 spiro atoms. The van der Waals surface area contributed by atoms with Gasteiger partial charge in [-0.1, -0.05) is 27.7 Å². The lowest BCUT2D eigenvalue weighted by Gasteiger charge is -2.46. The molecule has 9 nitrogen and oxygen atoms in total. The van der Waals surface area contributed by atoms with E-state index in [-0.39, 0.29) is 17.8 Å². The molecular weight excluding hydrogens is 384 g/mol. The van der Waals surface area contributed by atoms with Gasteiger partial charge in [0.05, 0.1) is 16.9 Å². The molecule has 2 saturated carbocycles. The van der Waals surface area contributed by atoms with Crippen molar-refractivity contribution in [2.24, 2.45) is 28.1 Å². The summed E-state index contributed by atoms with van der Waals surface area (Å²) in [5, 5.41) is 33.4. The molecule has 2 aliphatic carbocycles. The van der Waals surface area contributed by atoms with Crippen molar-refractivity contribution in [3.63, 3.8) is 0 Å². The van der Waals surface area contributed by atoms with Gasteiger partial charge in [0.2, 0.25) is 11.9 Å². The van der Waals surface area contributed by atoms with Crippen molar-refractivity contribution in [1.82, 2.24) is 0 Å². The fourth-order valence-corrected chi connectivity index (χ4v) is 8.19. The van der Waals surface area contributed by atoms with Crippen LogP contribution in [0.25, 0.3) is 0 Å². The van der Waals surface area contributed by atoms with Crippen LogP contribution < -0.4 is 0 Å². The molecule has 9 heteroatoms. The maximum absolute atomic E-state index is 13.3. The summed E-state index contributed by atoms with van der Waals surface area (Å²) < 4.78 is 23.2. The van der Waals surface area contributed by atoms with E-state index in [1.165, 1.54) is 0 Å². The molecule has 3 N–H and O–H groups in total. The summed E-state index contributed by atoms with van der Waals surface area (Å²) in [4.78, 5) is 25.9. The minimum atomic E-state index is -1.88. The molecule has 0 amide bonds. The lowest BCUT2D eigenvalue weighted by molar-refractivity contribution is -0.238. The van der Waals surface area contributed by atoms with Gasteiger partial charge in [0, 0.05) is 5.92 Å². The molecular formula is C20H26O9. The van der Waals surface area contributed by atoms with Gasteiger partial charge in [-0.3, -0.25) is 0 Å². The van der Waals surface area contributed by atoms with Crippen LogP contribution in [-0.2, 0) is 28.5 Å². The van der Waals surface area contributed by atoms with Gasteiger partial charge in [0.25, 0.3) is 0 Å². The Labute approximate surface area is 167 Å². The number of rotatable bonds is 0. The molecule has 160 valence electrons. The predicted molar refractivity (Wildman–Crippen MR) is 91.6 cm³/mol. The van der Waals surface area contributed by atoms with Crippen molar-refractivity contribution >= 4 is 11.9 Å². The number of carbonyl (C=O) groups excluding carboxylic acids is 2.